The van der Waals surface area contributed by atoms with Crippen LogP contribution in [0.25, 0.3) is 0 Å². The topological polar surface area (TPSA) is 75.4 Å². The maximum Gasteiger partial charge on any atom is 0.372 e. The van der Waals surface area contributed by atoms with E-state index in [1.165, 1.54) is 6.26 Å². The molecule has 0 fully saturated rings. The highest BCUT2D eigenvalue weighted by atomic mass is 16.4. The molecule has 0 bridgehead atoms. The molecule has 2 heterocycles. The van der Waals surface area contributed by atoms with Gasteiger partial charge in [-0.1, -0.05) is 6.07 Å². The van der Waals surface area contributed by atoms with Crippen molar-refractivity contribution in [2.24, 2.45) is 0 Å². The highest BCUT2D eigenvalue weighted by Crippen LogP contribution is 2.10. The first-order valence-corrected chi connectivity index (χ1v) is 5.16. The number of carboxylic acids is 1. The minimum Gasteiger partial charge on any atom is -0.475 e. The zero-order valence-electron chi connectivity index (χ0n) is 9.09. The van der Waals surface area contributed by atoms with E-state index in [0.717, 1.165) is 5.56 Å². The number of carbonyl (C=O) groups is 1. The largest absolute Gasteiger partial charge is 0.475 e. The van der Waals surface area contributed by atoms with Crippen molar-refractivity contribution in [2.75, 3.05) is 0 Å². The number of pyridine rings is 1. The smallest absolute Gasteiger partial charge is 0.372 e. The Balaban J connectivity index is 1.90. The lowest BCUT2D eigenvalue weighted by Gasteiger charge is -2.03. The van der Waals surface area contributed by atoms with Gasteiger partial charge in [-0.25, -0.2) is 4.79 Å². The van der Waals surface area contributed by atoms with Crippen LogP contribution in [0.2, 0.25) is 0 Å². The fraction of sp³-hybridized carbons (Fsp3) is 0.167. The first kappa shape index (κ1) is 11.3. The van der Waals surface area contributed by atoms with E-state index in [0.29, 0.717) is 18.7 Å². The molecule has 88 valence electrons. The molecule has 0 spiro atoms. The van der Waals surface area contributed by atoms with Crippen molar-refractivity contribution < 1.29 is 14.3 Å². The van der Waals surface area contributed by atoms with Gasteiger partial charge in [-0.05, 0) is 17.7 Å². The number of aromatic carboxylic acids is 1. The van der Waals surface area contributed by atoms with E-state index < -0.39 is 5.97 Å². The Morgan fingerprint density at radius 3 is 3.00 bits per heavy atom. The molecule has 0 aliphatic rings. The van der Waals surface area contributed by atoms with E-state index >= 15 is 0 Å². The van der Waals surface area contributed by atoms with Gasteiger partial charge in [0.05, 0.1) is 6.26 Å². The van der Waals surface area contributed by atoms with Crippen molar-refractivity contribution >= 4 is 5.97 Å². The molecule has 5 heteroatoms. The summed E-state index contributed by atoms with van der Waals surface area (Å²) in [6.45, 7) is 1.09. The van der Waals surface area contributed by atoms with E-state index in [1.807, 2.05) is 12.1 Å². The van der Waals surface area contributed by atoms with Crippen LogP contribution in [0.5, 0.6) is 0 Å². The summed E-state index contributed by atoms with van der Waals surface area (Å²) in [5, 5.41) is 12.0. The SMILES string of the molecule is O=C(O)c1occc1CNCc1cccnc1. The molecule has 2 rings (SSSR count). The Labute approximate surface area is 98.1 Å². The summed E-state index contributed by atoms with van der Waals surface area (Å²) in [5.41, 5.74) is 1.69. The predicted molar refractivity (Wildman–Crippen MR) is 60.4 cm³/mol. The lowest BCUT2D eigenvalue weighted by Crippen LogP contribution is -2.14. The van der Waals surface area contributed by atoms with Gasteiger partial charge in [-0.15, -0.1) is 0 Å². The van der Waals surface area contributed by atoms with Gasteiger partial charge in [0.1, 0.15) is 0 Å². The first-order valence-electron chi connectivity index (χ1n) is 5.16. The van der Waals surface area contributed by atoms with E-state index in [9.17, 15) is 4.79 Å². The van der Waals surface area contributed by atoms with Crippen LogP contribution in [0.3, 0.4) is 0 Å². The fourth-order valence-corrected chi connectivity index (χ4v) is 1.51. The molecule has 2 aromatic rings. The Bertz CT molecular complexity index is 493. The lowest BCUT2D eigenvalue weighted by atomic mass is 10.2. The molecule has 0 atom stereocenters. The van der Waals surface area contributed by atoms with E-state index in [4.69, 9.17) is 9.52 Å². The van der Waals surface area contributed by atoms with Crippen LogP contribution in [0.15, 0.2) is 41.3 Å². The van der Waals surface area contributed by atoms with Gasteiger partial charge in [-0.2, -0.15) is 0 Å². The summed E-state index contributed by atoms with van der Waals surface area (Å²) in [6, 6.07) is 5.46. The van der Waals surface area contributed by atoms with Crippen molar-refractivity contribution in [1.82, 2.24) is 10.3 Å². The van der Waals surface area contributed by atoms with Crippen LogP contribution in [0, 0.1) is 0 Å². The molecular weight excluding hydrogens is 220 g/mol. The second kappa shape index (κ2) is 5.27. The molecule has 2 N–H and O–H groups in total. The number of furan rings is 1. The third-order valence-corrected chi connectivity index (χ3v) is 2.31. The number of carboxylic acid groups (broad SMARTS) is 1. The van der Waals surface area contributed by atoms with Crippen LogP contribution >= 0.6 is 0 Å². The highest BCUT2D eigenvalue weighted by molar-refractivity contribution is 5.86. The standard InChI is InChI=1S/C12H12N2O3/c15-12(16)11-10(3-5-17-11)8-14-7-9-2-1-4-13-6-9/h1-6,14H,7-8H2,(H,15,16). The Kier molecular flexibility index (Phi) is 3.52. The first-order chi connectivity index (χ1) is 8.27. The second-order valence-corrected chi connectivity index (χ2v) is 3.54. The number of nitrogens with zero attached hydrogens (tertiary/aromatic N) is 1. The maximum absolute atomic E-state index is 10.8. The molecule has 0 unspecified atom stereocenters. The Morgan fingerprint density at radius 1 is 1.41 bits per heavy atom. The summed E-state index contributed by atoms with van der Waals surface area (Å²) < 4.78 is 4.88. The molecule has 5 nitrogen and oxygen atoms in total. The predicted octanol–water partition coefficient (Wildman–Crippen LogP) is 1.66. The molecule has 0 aliphatic heterocycles. The number of hydrogen-bond acceptors (Lipinski definition) is 4. The van der Waals surface area contributed by atoms with Crippen LogP contribution in [-0.2, 0) is 13.1 Å². The number of nitrogens with one attached hydrogen (secondary N) is 1. The summed E-state index contributed by atoms with van der Waals surface area (Å²) in [6.07, 6.45) is 4.85. The third kappa shape index (κ3) is 2.92. The normalized spacial score (nSPS) is 10.4. The number of aromatic nitrogens is 1. The third-order valence-electron chi connectivity index (χ3n) is 2.31. The number of hydrogen-bond donors (Lipinski definition) is 2. The zero-order chi connectivity index (χ0) is 12.1. The molecule has 0 amide bonds. The summed E-state index contributed by atoms with van der Waals surface area (Å²) >= 11 is 0. The molecule has 2 aromatic heterocycles. The summed E-state index contributed by atoms with van der Waals surface area (Å²) in [7, 11) is 0. The van der Waals surface area contributed by atoms with Gasteiger partial charge in [0.2, 0.25) is 5.76 Å². The average Bonchev–Trinajstić information content (AvgIpc) is 2.79. The highest BCUT2D eigenvalue weighted by Gasteiger charge is 2.12. The average molecular weight is 232 g/mol. The van der Waals surface area contributed by atoms with E-state index in [2.05, 4.69) is 10.3 Å². The minimum absolute atomic E-state index is 0.0105. The molecular formula is C12H12N2O3. The monoisotopic (exact) mass is 232 g/mol. The van der Waals surface area contributed by atoms with Gasteiger partial charge in [-0.3, -0.25) is 4.98 Å². The van der Waals surface area contributed by atoms with Gasteiger partial charge in [0, 0.05) is 31.0 Å². The minimum atomic E-state index is -1.05. The Morgan fingerprint density at radius 2 is 2.29 bits per heavy atom. The molecule has 0 saturated heterocycles. The van der Waals surface area contributed by atoms with Crippen LogP contribution < -0.4 is 5.32 Å². The molecule has 0 saturated carbocycles. The maximum atomic E-state index is 10.8. The van der Waals surface area contributed by atoms with Gasteiger partial charge in [0.25, 0.3) is 0 Å². The van der Waals surface area contributed by atoms with Crippen LogP contribution in [0.1, 0.15) is 21.7 Å². The lowest BCUT2D eigenvalue weighted by molar-refractivity contribution is 0.0660. The molecule has 0 aliphatic carbocycles. The summed E-state index contributed by atoms with van der Waals surface area (Å²) in [4.78, 5) is 14.8. The van der Waals surface area contributed by atoms with Gasteiger partial charge >= 0.3 is 5.97 Å². The van der Waals surface area contributed by atoms with Crippen molar-refractivity contribution in [1.29, 1.82) is 0 Å². The van der Waals surface area contributed by atoms with Gasteiger partial charge in [0.15, 0.2) is 0 Å². The van der Waals surface area contributed by atoms with Crippen LogP contribution in [0.4, 0.5) is 0 Å². The fourth-order valence-electron chi connectivity index (χ4n) is 1.51. The second-order valence-electron chi connectivity index (χ2n) is 3.54. The zero-order valence-corrected chi connectivity index (χ0v) is 9.09. The van der Waals surface area contributed by atoms with Crippen LogP contribution in [-0.4, -0.2) is 16.1 Å². The van der Waals surface area contributed by atoms with Crippen molar-refractivity contribution in [3.63, 3.8) is 0 Å². The molecule has 17 heavy (non-hydrogen) atoms. The quantitative estimate of drug-likeness (QED) is 0.820. The van der Waals surface area contributed by atoms with E-state index in [1.54, 1.807) is 18.5 Å². The van der Waals surface area contributed by atoms with Gasteiger partial charge < -0.3 is 14.8 Å². The summed E-state index contributed by atoms with van der Waals surface area (Å²) in [5.74, 6) is -1.06. The number of rotatable bonds is 5. The Hall–Kier alpha value is -2.14. The van der Waals surface area contributed by atoms with Crippen molar-refractivity contribution in [3.8, 4) is 0 Å². The van der Waals surface area contributed by atoms with Crippen molar-refractivity contribution in [2.45, 2.75) is 13.1 Å². The van der Waals surface area contributed by atoms with E-state index in [-0.39, 0.29) is 5.76 Å². The molecule has 0 aromatic carbocycles. The molecule has 0 radical (unpaired) electrons. The van der Waals surface area contributed by atoms with Crippen molar-refractivity contribution in [3.05, 3.63) is 53.7 Å².